The van der Waals surface area contributed by atoms with Gasteiger partial charge in [-0.15, -0.1) is 0 Å². The molecule has 11 heteroatoms. The number of hydrogen-bond acceptors (Lipinski definition) is 6. The molecule has 4 rings (SSSR count). The number of carbonyl (C=O) groups excluding carboxylic acids is 1. The number of halogens is 4. The Morgan fingerprint density at radius 1 is 1.07 bits per heavy atom. The fraction of sp³-hybridized carbons (Fsp3) is 0.556. The Morgan fingerprint density at radius 2 is 1.69 bits per heavy atom. The van der Waals surface area contributed by atoms with Crippen LogP contribution in [0.15, 0.2) is 0 Å². The summed E-state index contributed by atoms with van der Waals surface area (Å²) in [7, 11) is 0. The van der Waals surface area contributed by atoms with Crippen LogP contribution in [0, 0.1) is 5.82 Å². The van der Waals surface area contributed by atoms with Crippen molar-refractivity contribution in [3.63, 3.8) is 0 Å². The summed E-state index contributed by atoms with van der Waals surface area (Å²) in [5.41, 5.74) is -0.646. The first-order valence-corrected chi connectivity index (χ1v) is 10.3. The van der Waals surface area contributed by atoms with E-state index in [9.17, 15) is 9.18 Å². The number of ether oxygens (including phenoxy) is 1. The van der Waals surface area contributed by atoms with Gasteiger partial charge in [0.25, 0.3) is 0 Å². The smallest absolute Gasteiger partial charge is 0.410 e. The maximum atomic E-state index is 14.5. The first-order chi connectivity index (χ1) is 13.5. The molecule has 156 valence electrons. The van der Waals surface area contributed by atoms with Crippen LogP contribution in [0.5, 0.6) is 0 Å². The van der Waals surface area contributed by atoms with Crippen molar-refractivity contribution in [3.8, 4) is 0 Å². The molecule has 0 aliphatic carbocycles. The van der Waals surface area contributed by atoms with Crippen LogP contribution < -0.4 is 4.90 Å². The van der Waals surface area contributed by atoms with Crippen molar-refractivity contribution in [2.75, 3.05) is 18.0 Å². The van der Waals surface area contributed by atoms with Crippen LogP contribution in [0.1, 0.15) is 33.6 Å². The number of pyridine rings is 1. The molecular weight excluding hydrogens is 444 g/mol. The summed E-state index contributed by atoms with van der Waals surface area (Å²) in [5, 5.41) is -0.243. The Labute approximate surface area is 182 Å². The van der Waals surface area contributed by atoms with Crippen molar-refractivity contribution < 1.29 is 13.9 Å². The van der Waals surface area contributed by atoms with Gasteiger partial charge < -0.3 is 9.64 Å². The van der Waals surface area contributed by atoms with E-state index in [-0.39, 0.29) is 44.7 Å². The fourth-order valence-corrected chi connectivity index (χ4v) is 4.62. The molecular formula is C18H19Cl3FN5O2. The molecule has 2 unspecified atom stereocenters. The van der Waals surface area contributed by atoms with Crippen LogP contribution in [0.3, 0.4) is 0 Å². The number of nitrogens with zero attached hydrogens (tertiary/aromatic N) is 5. The van der Waals surface area contributed by atoms with Gasteiger partial charge in [-0.3, -0.25) is 4.90 Å². The molecule has 0 radical (unpaired) electrons. The number of fused-ring (bicyclic) bond motifs is 3. The van der Waals surface area contributed by atoms with Crippen LogP contribution >= 0.6 is 34.8 Å². The average Bonchev–Trinajstić information content (AvgIpc) is 2.87. The molecule has 0 N–H and O–H groups in total. The topological polar surface area (TPSA) is 71.5 Å². The second kappa shape index (κ2) is 7.25. The summed E-state index contributed by atoms with van der Waals surface area (Å²) >= 11 is 18.1. The second-order valence-electron chi connectivity index (χ2n) is 8.22. The fourth-order valence-electron chi connectivity index (χ4n) is 3.98. The largest absolute Gasteiger partial charge is 0.444 e. The highest BCUT2D eigenvalue weighted by atomic mass is 35.5. The Morgan fingerprint density at radius 3 is 2.28 bits per heavy atom. The van der Waals surface area contributed by atoms with E-state index in [0.29, 0.717) is 18.9 Å². The molecule has 2 aliphatic heterocycles. The summed E-state index contributed by atoms with van der Waals surface area (Å²) in [6.45, 7) is 6.49. The van der Waals surface area contributed by atoms with Crippen molar-refractivity contribution in [2.45, 2.75) is 51.3 Å². The summed E-state index contributed by atoms with van der Waals surface area (Å²) in [5.74, 6) is -0.416. The molecule has 2 bridgehead atoms. The molecule has 2 aliphatic rings. The number of rotatable bonds is 1. The summed E-state index contributed by atoms with van der Waals surface area (Å²) in [4.78, 5) is 28.5. The van der Waals surface area contributed by atoms with Gasteiger partial charge in [0, 0.05) is 13.1 Å². The standard InChI is InChI=1S/C18H19Cl3FN5O2/c1-18(2,3)29-17(28)27-8-4-5-9(27)7-26(6-8)15-10-12(23-16(21)25-15)11(22)14(20)24-13(10)19/h8-9H,4-7H2,1-3H3. The van der Waals surface area contributed by atoms with E-state index in [2.05, 4.69) is 15.0 Å². The van der Waals surface area contributed by atoms with E-state index < -0.39 is 11.4 Å². The lowest BCUT2D eigenvalue weighted by Gasteiger charge is -2.42. The molecule has 2 atom stereocenters. The average molecular weight is 463 g/mol. The van der Waals surface area contributed by atoms with Gasteiger partial charge in [-0.05, 0) is 45.2 Å². The minimum Gasteiger partial charge on any atom is -0.444 e. The third-order valence-electron chi connectivity index (χ3n) is 5.04. The first-order valence-electron chi connectivity index (χ1n) is 9.19. The normalized spacial score (nSPS) is 21.8. The van der Waals surface area contributed by atoms with Crippen molar-refractivity contribution >= 4 is 57.6 Å². The van der Waals surface area contributed by atoms with Crippen molar-refractivity contribution in [1.29, 1.82) is 0 Å². The highest BCUT2D eigenvalue weighted by Gasteiger charge is 2.45. The van der Waals surface area contributed by atoms with Gasteiger partial charge in [0.1, 0.15) is 22.1 Å². The van der Waals surface area contributed by atoms with Crippen molar-refractivity contribution in [2.24, 2.45) is 0 Å². The van der Waals surface area contributed by atoms with Crippen LogP contribution in [0.25, 0.3) is 10.9 Å². The SMILES string of the molecule is CC(C)(C)OC(=O)N1C2CCC1CN(c1nc(Cl)nc3c(F)c(Cl)nc(Cl)c13)C2. The molecule has 2 aromatic heterocycles. The monoisotopic (exact) mass is 461 g/mol. The Balaban J connectivity index is 1.70. The van der Waals surface area contributed by atoms with Gasteiger partial charge in [-0.2, -0.15) is 4.98 Å². The van der Waals surface area contributed by atoms with E-state index in [4.69, 9.17) is 39.5 Å². The molecule has 2 saturated heterocycles. The zero-order valence-electron chi connectivity index (χ0n) is 16.0. The highest BCUT2D eigenvalue weighted by molar-refractivity contribution is 6.37. The van der Waals surface area contributed by atoms with Gasteiger partial charge in [0.2, 0.25) is 5.28 Å². The van der Waals surface area contributed by atoms with Crippen LogP contribution in [0.4, 0.5) is 15.0 Å². The maximum absolute atomic E-state index is 14.5. The quantitative estimate of drug-likeness (QED) is 0.451. The lowest BCUT2D eigenvalue weighted by molar-refractivity contribution is 0.0123. The molecule has 0 saturated carbocycles. The number of hydrogen-bond donors (Lipinski definition) is 0. The van der Waals surface area contributed by atoms with Crippen LogP contribution in [-0.2, 0) is 4.74 Å². The van der Waals surface area contributed by atoms with E-state index in [0.717, 1.165) is 12.8 Å². The lowest BCUT2D eigenvalue weighted by atomic mass is 10.1. The predicted molar refractivity (Wildman–Crippen MR) is 109 cm³/mol. The van der Waals surface area contributed by atoms with Gasteiger partial charge in [-0.25, -0.2) is 19.2 Å². The zero-order valence-corrected chi connectivity index (χ0v) is 18.3. The van der Waals surface area contributed by atoms with Gasteiger partial charge in [-0.1, -0.05) is 23.2 Å². The Hall–Kier alpha value is -1.64. The molecule has 4 heterocycles. The summed E-state index contributed by atoms with van der Waals surface area (Å²) in [6.07, 6.45) is 1.35. The van der Waals surface area contributed by atoms with E-state index in [1.165, 1.54) is 0 Å². The molecule has 2 aromatic rings. The van der Waals surface area contributed by atoms with Gasteiger partial charge >= 0.3 is 6.09 Å². The Kier molecular flexibility index (Phi) is 5.16. The number of amides is 1. The van der Waals surface area contributed by atoms with E-state index in [1.54, 1.807) is 4.90 Å². The van der Waals surface area contributed by atoms with Crippen molar-refractivity contribution in [1.82, 2.24) is 19.9 Å². The number of piperazine rings is 1. The predicted octanol–water partition coefficient (Wildman–Crippen LogP) is 4.71. The van der Waals surface area contributed by atoms with Gasteiger partial charge in [0.15, 0.2) is 11.0 Å². The molecule has 2 fully saturated rings. The molecule has 7 nitrogen and oxygen atoms in total. The van der Waals surface area contributed by atoms with E-state index >= 15 is 0 Å². The van der Waals surface area contributed by atoms with E-state index in [1.807, 2.05) is 25.7 Å². The zero-order chi connectivity index (χ0) is 21.1. The molecule has 0 aromatic carbocycles. The third-order valence-corrected chi connectivity index (χ3v) is 5.73. The second-order valence-corrected chi connectivity index (χ2v) is 9.28. The third kappa shape index (κ3) is 3.78. The minimum absolute atomic E-state index is 0.0000134. The number of anilines is 1. The molecule has 1 amide bonds. The maximum Gasteiger partial charge on any atom is 0.410 e. The highest BCUT2D eigenvalue weighted by Crippen LogP contribution is 2.38. The Bertz CT molecular complexity index is 986. The molecule has 29 heavy (non-hydrogen) atoms. The van der Waals surface area contributed by atoms with Crippen LogP contribution in [0.2, 0.25) is 15.6 Å². The first kappa shape index (κ1) is 20.6. The van der Waals surface area contributed by atoms with Gasteiger partial charge in [0.05, 0.1) is 17.5 Å². The minimum atomic E-state index is -0.799. The lowest BCUT2D eigenvalue weighted by Crippen LogP contribution is -2.57. The summed E-state index contributed by atoms with van der Waals surface area (Å²) in [6, 6.07) is -0.118. The number of aromatic nitrogens is 3. The molecule has 0 spiro atoms. The van der Waals surface area contributed by atoms with Crippen LogP contribution in [-0.4, -0.2) is 56.7 Å². The number of carbonyl (C=O) groups is 1. The van der Waals surface area contributed by atoms with Crippen molar-refractivity contribution in [3.05, 3.63) is 21.4 Å². The summed E-state index contributed by atoms with van der Waals surface area (Å²) < 4.78 is 20.1.